The molecule has 0 amide bonds. The van der Waals surface area contributed by atoms with E-state index in [4.69, 9.17) is 15.4 Å². The van der Waals surface area contributed by atoms with E-state index in [1.165, 1.54) is 4.90 Å². The Bertz CT molecular complexity index is 487. The van der Waals surface area contributed by atoms with Crippen molar-refractivity contribution in [3.63, 3.8) is 0 Å². The highest BCUT2D eigenvalue weighted by molar-refractivity contribution is 8.14. The summed E-state index contributed by atoms with van der Waals surface area (Å²) < 4.78 is 27.2. The molecule has 1 fully saturated rings. The Morgan fingerprint density at radius 3 is 2.56 bits per heavy atom. The van der Waals surface area contributed by atoms with Crippen LogP contribution >= 0.6 is 10.7 Å². The smallest absolute Gasteiger partial charge is 0.237 e. The highest BCUT2D eigenvalue weighted by Crippen LogP contribution is 2.21. The van der Waals surface area contributed by atoms with Gasteiger partial charge in [0, 0.05) is 23.8 Å². The molecule has 1 N–H and O–H groups in total. The van der Waals surface area contributed by atoms with Crippen LogP contribution in [0.25, 0.3) is 0 Å². The van der Waals surface area contributed by atoms with Crippen molar-refractivity contribution in [1.82, 2.24) is 4.90 Å². The zero-order valence-electron chi connectivity index (χ0n) is 9.57. The molecule has 0 aliphatic carbocycles. The van der Waals surface area contributed by atoms with Crippen LogP contribution in [0.15, 0.2) is 30.3 Å². The maximum Gasteiger partial charge on any atom is 0.237 e. The molecule has 2 rings (SSSR count). The summed E-state index contributed by atoms with van der Waals surface area (Å²) in [7, 11) is 1.67. The fraction of sp³-hybridized carbons (Fsp3) is 0.455. The molecule has 0 aromatic heterocycles. The largest absolute Gasteiger partial charge is 0.356 e. The van der Waals surface area contributed by atoms with E-state index in [1.807, 2.05) is 30.3 Å². The topological polar surface area (TPSA) is 66.8 Å². The van der Waals surface area contributed by atoms with Gasteiger partial charge in [-0.2, -0.15) is 0 Å². The molecule has 0 spiro atoms. The van der Waals surface area contributed by atoms with Crippen LogP contribution in [0.3, 0.4) is 0 Å². The van der Waals surface area contributed by atoms with Gasteiger partial charge in [-0.15, -0.1) is 0 Å². The van der Waals surface area contributed by atoms with E-state index in [-0.39, 0.29) is 19.7 Å². The predicted octanol–water partition coefficient (Wildman–Crippen LogP) is 0.732. The summed E-state index contributed by atoms with van der Waals surface area (Å²) in [5, 5.41) is 9.06. The van der Waals surface area contributed by atoms with Crippen LogP contribution in [-0.4, -0.2) is 43.2 Å². The van der Waals surface area contributed by atoms with Gasteiger partial charge in [0.05, 0.1) is 6.61 Å². The van der Waals surface area contributed by atoms with Gasteiger partial charge in [0.2, 0.25) is 15.5 Å². The van der Waals surface area contributed by atoms with Crippen molar-refractivity contribution in [1.29, 1.82) is 0 Å². The highest BCUT2D eigenvalue weighted by Gasteiger charge is 2.39. The molecule has 0 saturated carbocycles. The monoisotopic (exact) mass is 291 g/mol. The summed E-state index contributed by atoms with van der Waals surface area (Å²) in [6, 6.07) is 9.42. The van der Waals surface area contributed by atoms with Crippen molar-refractivity contribution < 1.29 is 18.3 Å². The molecule has 1 aliphatic heterocycles. The SMILES string of the molecule is O=S(=O)(Cl)C1CN(C(O)OCc2ccccc2)C1. The summed E-state index contributed by atoms with van der Waals surface area (Å²) >= 11 is 0. The Kier molecular flexibility index (Phi) is 4.24. The Labute approximate surface area is 110 Å². The lowest BCUT2D eigenvalue weighted by molar-refractivity contribution is -0.215. The minimum atomic E-state index is -3.54. The van der Waals surface area contributed by atoms with Crippen LogP contribution in [0.4, 0.5) is 0 Å². The third-order valence-corrected chi connectivity index (χ3v) is 4.68. The number of benzene rings is 1. The average Bonchev–Trinajstić information content (AvgIpc) is 2.24. The molecular formula is C11H14ClNO4S. The Morgan fingerprint density at radius 1 is 1.39 bits per heavy atom. The molecule has 1 aromatic carbocycles. The number of hydrogen-bond acceptors (Lipinski definition) is 5. The minimum absolute atomic E-state index is 0.196. The number of halogens is 1. The summed E-state index contributed by atoms with van der Waals surface area (Å²) in [5.74, 6) is 0. The number of nitrogens with zero attached hydrogens (tertiary/aromatic N) is 1. The molecule has 1 aliphatic rings. The first kappa shape index (κ1) is 13.8. The fourth-order valence-corrected chi connectivity index (χ4v) is 2.76. The lowest BCUT2D eigenvalue weighted by Crippen LogP contribution is -2.58. The van der Waals surface area contributed by atoms with Crippen LogP contribution in [0, 0.1) is 0 Å². The van der Waals surface area contributed by atoms with Crippen molar-refractivity contribution in [2.24, 2.45) is 0 Å². The first-order chi connectivity index (χ1) is 8.47. The quantitative estimate of drug-likeness (QED) is 0.640. The van der Waals surface area contributed by atoms with Gasteiger partial charge >= 0.3 is 0 Å². The first-order valence-electron chi connectivity index (χ1n) is 5.48. The lowest BCUT2D eigenvalue weighted by atomic mass is 10.2. The minimum Gasteiger partial charge on any atom is -0.356 e. The van der Waals surface area contributed by atoms with Gasteiger partial charge in [-0.25, -0.2) is 8.42 Å². The molecular weight excluding hydrogens is 278 g/mol. The van der Waals surface area contributed by atoms with E-state index in [0.29, 0.717) is 0 Å². The van der Waals surface area contributed by atoms with E-state index in [1.54, 1.807) is 0 Å². The van der Waals surface area contributed by atoms with E-state index in [0.717, 1.165) is 5.56 Å². The van der Waals surface area contributed by atoms with E-state index < -0.39 is 20.7 Å². The number of aliphatic hydroxyl groups is 1. The van der Waals surface area contributed by atoms with Gasteiger partial charge in [0.1, 0.15) is 5.25 Å². The number of aliphatic hydroxyl groups excluding tert-OH is 1. The fourth-order valence-electron chi connectivity index (χ4n) is 1.68. The maximum atomic E-state index is 11.0. The Morgan fingerprint density at radius 2 is 2.00 bits per heavy atom. The van der Waals surface area contributed by atoms with Crippen molar-refractivity contribution in [2.75, 3.05) is 13.1 Å². The summed E-state index contributed by atoms with van der Waals surface area (Å²) in [4.78, 5) is 1.51. The molecule has 18 heavy (non-hydrogen) atoms. The molecule has 7 heteroatoms. The normalized spacial score (nSPS) is 19.4. The zero-order valence-corrected chi connectivity index (χ0v) is 11.1. The number of rotatable bonds is 5. The lowest BCUT2D eigenvalue weighted by Gasteiger charge is -2.39. The molecule has 1 aromatic rings. The highest BCUT2D eigenvalue weighted by atomic mass is 35.7. The molecule has 0 radical (unpaired) electrons. The molecule has 1 heterocycles. The van der Waals surface area contributed by atoms with Crippen LogP contribution in [0.2, 0.25) is 0 Å². The predicted molar refractivity (Wildman–Crippen MR) is 67.4 cm³/mol. The van der Waals surface area contributed by atoms with Crippen LogP contribution in [0.1, 0.15) is 5.56 Å². The molecule has 0 bridgehead atoms. The van der Waals surface area contributed by atoms with Gasteiger partial charge in [0.25, 0.3) is 0 Å². The third-order valence-electron chi connectivity index (χ3n) is 2.83. The van der Waals surface area contributed by atoms with Crippen molar-refractivity contribution in [2.45, 2.75) is 18.3 Å². The van der Waals surface area contributed by atoms with E-state index in [9.17, 15) is 13.5 Å². The van der Waals surface area contributed by atoms with E-state index in [2.05, 4.69) is 0 Å². The zero-order chi connectivity index (χ0) is 13.2. The van der Waals surface area contributed by atoms with Gasteiger partial charge in [-0.1, -0.05) is 30.3 Å². The van der Waals surface area contributed by atoms with Gasteiger partial charge in [-0.05, 0) is 5.56 Å². The molecule has 1 saturated heterocycles. The molecule has 5 nitrogen and oxygen atoms in total. The summed E-state index contributed by atoms with van der Waals surface area (Å²) in [6.45, 7) is 0.667. The maximum absolute atomic E-state index is 11.0. The van der Waals surface area contributed by atoms with E-state index >= 15 is 0 Å². The number of ether oxygens (including phenoxy) is 1. The molecule has 1 atom stereocenters. The van der Waals surface area contributed by atoms with Crippen molar-refractivity contribution >= 4 is 19.7 Å². The standard InChI is InChI=1S/C11H14ClNO4S/c12-18(15,16)10-6-13(7-10)11(14)17-8-9-4-2-1-3-5-9/h1-5,10-11,14H,6-8H2. The summed E-state index contributed by atoms with van der Waals surface area (Å²) in [6.07, 6.45) is -1.10. The van der Waals surface area contributed by atoms with Gasteiger partial charge in [0.15, 0.2) is 0 Å². The third kappa shape index (κ3) is 3.43. The van der Waals surface area contributed by atoms with Gasteiger partial charge < -0.3 is 9.84 Å². The molecule has 1 unspecified atom stereocenters. The second-order valence-electron chi connectivity index (χ2n) is 4.17. The van der Waals surface area contributed by atoms with Crippen molar-refractivity contribution in [3.05, 3.63) is 35.9 Å². The summed E-state index contributed by atoms with van der Waals surface area (Å²) in [5.41, 5.74) is 0.943. The van der Waals surface area contributed by atoms with Gasteiger partial charge in [-0.3, -0.25) is 4.90 Å². The average molecular weight is 292 g/mol. The van der Waals surface area contributed by atoms with Crippen molar-refractivity contribution in [3.8, 4) is 0 Å². The number of hydrogen-bond donors (Lipinski definition) is 1. The Hall–Kier alpha value is -0.660. The van der Waals surface area contributed by atoms with Crippen LogP contribution < -0.4 is 0 Å². The first-order valence-corrected chi connectivity index (χ1v) is 7.85. The van der Waals surface area contributed by atoms with Crippen LogP contribution in [-0.2, 0) is 20.4 Å². The second-order valence-corrected chi connectivity index (χ2v) is 7.08. The number of likely N-dealkylation sites (tertiary alicyclic amines) is 1. The van der Waals surface area contributed by atoms with Crippen LogP contribution in [0.5, 0.6) is 0 Å². The Balaban J connectivity index is 1.76. The molecule has 100 valence electrons. The second kappa shape index (κ2) is 5.54.